The van der Waals surface area contributed by atoms with E-state index in [4.69, 9.17) is 0 Å². The van der Waals surface area contributed by atoms with Crippen molar-refractivity contribution in [3.8, 4) is 0 Å². The molecule has 1 unspecified atom stereocenters. The molecule has 0 saturated carbocycles. The van der Waals surface area contributed by atoms with E-state index < -0.39 is 11.7 Å². The summed E-state index contributed by atoms with van der Waals surface area (Å²) < 4.78 is 38.3. The fourth-order valence-electron chi connectivity index (χ4n) is 3.06. The molecule has 1 nitrogen and oxygen atoms in total. The zero-order valence-corrected chi connectivity index (χ0v) is 14.5. The summed E-state index contributed by atoms with van der Waals surface area (Å²) in [5.41, 5.74) is 1.22. The molecule has 0 heterocycles. The van der Waals surface area contributed by atoms with E-state index in [-0.39, 0.29) is 6.04 Å². The first-order valence-electron chi connectivity index (χ1n) is 8.60. The molecule has 0 N–H and O–H groups in total. The summed E-state index contributed by atoms with van der Waals surface area (Å²) in [4.78, 5) is 4.58. The number of aliphatic imine (C=N–C) groups is 1. The molecule has 0 fully saturated rings. The Balaban J connectivity index is 1.65. The van der Waals surface area contributed by atoms with Gasteiger partial charge in [-0.1, -0.05) is 60.7 Å². The molecule has 0 aliphatic rings. The number of rotatable bonds is 5. The van der Waals surface area contributed by atoms with E-state index >= 15 is 0 Å². The third kappa shape index (κ3) is 4.31. The predicted molar refractivity (Wildman–Crippen MR) is 101 cm³/mol. The summed E-state index contributed by atoms with van der Waals surface area (Å²) in [6.07, 6.45) is -1.34. The highest BCUT2D eigenvalue weighted by atomic mass is 19.4. The lowest BCUT2D eigenvalue weighted by molar-refractivity contribution is -0.137. The number of fused-ring (bicyclic) bond motifs is 1. The molecular weight excluding hydrogens is 335 g/mol. The van der Waals surface area contributed by atoms with Crippen LogP contribution >= 0.6 is 0 Å². The smallest absolute Gasteiger partial charge is 0.290 e. The van der Waals surface area contributed by atoms with Gasteiger partial charge in [-0.25, -0.2) is 0 Å². The first-order valence-corrected chi connectivity index (χ1v) is 8.60. The second-order valence-corrected chi connectivity index (χ2v) is 6.31. The van der Waals surface area contributed by atoms with Crippen molar-refractivity contribution in [1.29, 1.82) is 0 Å². The molecule has 1 atom stereocenters. The van der Waals surface area contributed by atoms with E-state index in [0.29, 0.717) is 18.4 Å². The predicted octanol–water partition coefficient (Wildman–Crippen LogP) is 6.62. The lowest BCUT2D eigenvalue weighted by Gasteiger charge is -2.11. The van der Waals surface area contributed by atoms with E-state index in [1.807, 2.05) is 31.3 Å². The number of hydrogen-bond donors (Lipinski definition) is 0. The minimum atomic E-state index is -4.30. The van der Waals surface area contributed by atoms with E-state index in [1.165, 1.54) is 22.9 Å². The molecule has 0 spiro atoms. The molecule has 3 aromatic carbocycles. The zero-order chi connectivity index (χ0) is 18.6. The zero-order valence-electron chi connectivity index (χ0n) is 14.5. The van der Waals surface area contributed by atoms with Crippen molar-refractivity contribution >= 4 is 17.0 Å². The standard InChI is InChI=1S/C22H20F3N/c1-16(20-13-5-10-18-9-2-3-12-21(18)20)26-14-6-8-17-7-4-11-19(15-17)22(23,24)25/h2-5,7,9-16H,6,8H2,1H3. The van der Waals surface area contributed by atoms with Crippen LogP contribution in [0.4, 0.5) is 13.2 Å². The molecule has 0 radical (unpaired) electrons. The Morgan fingerprint density at radius 3 is 2.50 bits per heavy atom. The summed E-state index contributed by atoms with van der Waals surface area (Å²) in [5, 5.41) is 2.36. The molecule has 0 aromatic heterocycles. The number of benzene rings is 3. The highest BCUT2D eigenvalue weighted by Crippen LogP contribution is 2.30. The average molecular weight is 355 g/mol. The Labute approximate surface area is 151 Å². The maximum atomic E-state index is 12.8. The maximum absolute atomic E-state index is 12.8. The molecule has 3 aromatic rings. The first-order chi connectivity index (χ1) is 12.4. The summed E-state index contributed by atoms with van der Waals surface area (Å²) >= 11 is 0. The second kappa shape index (κ2) is 7.73. The van der Waals surface area contributed by atoms with Gasteiger partial charge in [0.1, 0.15) is 0 Å². The van der Waals surface area contributed by atoms with Gasteiger partial charge in [0.15, 0.2) is 0 Å². The van der Waals surface area contributed by atoms with Crippen LogP contribution < -0.4 is 0 Å². The highest BCUT2D eigenvalue weighted by Gasteiger charge is 2.30. The molecular formula is C22H20F3N. The van der Waals surface area contributed by atoms with Crippen molar-refractivity contribution in [1.82, 2.24) is 0 Å². The molecule has 0 saturated heterocycles. The summed E-state index contributed by atoms with van der Waals surface area (Å²) in [7, 11) is 0. The molecule has 3 rings (SSSR count). The van der Waals surface area contributed by atoms with Crippen LogP contribution in [0.2, 0.25) is 0 Å². The molecule has 0 amide bonds. The van der Waals surface area contributed by atoms with Gasteiger partial charge in [0.2, 0.25) is 0 Å². The topological polar surface area (TPSA) is 12.4 Å². The third-order valence-corrected chi connectivity index (χ3v) is 4.42. The van der Waals surface area contributed by atoms with Crippen molar-refractivity contribution in [2.24, 2.45) is 4.99 Å². The quantitative estimate of drug-likeness (QED) is 0.456. The number of halogens is 3. The largest absolute Gasteiger partial charge is 0.416 e. The van der Waals surface area contributed by atoms with Crippen LogP contribution in [0.5, 0.6) is 0 Å². The van der Waals surface area contributed by atoms with Crippen molar-refractivity contribution in [2.45, 2.75) is 32.0 Å². The summed E-state index contributed by atoms with van der Waals surface area (Å²) in [6, 6.07) is 19.8. The van der Waals surface area contributed by atoms with Crippen LogP contribution in [0.25, 0.3) is 10.8 Å². The molecule has 134 valence electrons. The van der Waals surface area contributed by atoms with Gasteiger partial charge in [0, 0.05) is 0 Å². The van der Waals surface area contributed by atoms with Gasteiger partial charge in [0.25, 0.3) is 0 Å². The normalized spacial score (nSPS) is 13.4. The Bertz CT molecular complexity index is 907. The van der Waals surface area contributed by atoms with E-state index in [1.54, 1.807) is 6.07 Å². The van der Waals surface area contributed by atoms with Gasteiger partial charge in [-0.05, 0) is 53.9 Å². The van der Waals surface area contributed by atoms with Crippen molar-refractivity contribution in [3.05, 3.63) is 83.4 Å². The number of alkyl halides is 3. The molecule has 0 aliphatic carbocycles. The van der Waals surface area contributed by atoms with Crippen LogP contribution in [0.1, 0.15) is 36.1 Å². The Morgan fingerprint density at radius 1 is 0.962 bits per heavy atom. The van der Waals surface area contributed by atoms with Gasteiger partial charge in [-0.2, -0.15) is 13.2 Å². The minimum Gasteiger partial charge on any atom is -0.290 e. The molecule has 26 heavy (non-hydrogen) atoms. The second-order valence-electron chi connectivity index (χ2n) is 6.31. The van der Waals surface area contributed by atoms with Gasteiger partial charge in [0.05, 0.1) is 11.6 Å². The minimum absolute atomic E-state index is 0.00242. The van der Waals surface area contributed by atoms with E-state index in [0.717, 1.165) is 11.6 Å². The Hall–Kier alpha value is -2.62. The third-order valence-electron chi connectivity index (χ3n) is 4.42. The van der Waals surface area contributed by atoms with E-state index in [2.05, 4.69) is 29.3 Å². The Kier molecular flexibility index (Phi) is 5.40. The van der Waals surface area contributed by atoms with Crippen LogP contribution in [0, 0.1) is 0 Å². The fraction of sp³-hybridized carbons (Fsp3) is 0.227. The maximum Gasteiger partial charge on any atom is 0.416 e. The summed E-state index contributed by atoms with van der Waals surface area (Å²) in [6.45, 7) is 2.03. The number of hydrogen-bond acceptors (Lipinski definition) is 1. The van der Waals surface area contributed by atoms with E-state index in [9.17, 15) is 13.2 Å². The molecule has 4 heteroatoms. The van der Waals surface area contributed by atoms with Gasteiger partial charge < -0.3 is 0 Å². The lowest BCUT2D eigenvalue weighted by Crippen LogP contribution is -2.05. The van der Waals surface area contributed by atoms with Gasteiger partial charge in [-0.3, -0.25) is 4.99 Å². The molecule has 0 bridgehead atoms. The average Bonchev–Trinajstić information content (AvgIpc) is 2.64. The SMILES string of the molecule is CC(N=CCCc1cccc(C(F)(F)F)c1)c1cccc2ccccc12. The van der Waals surface area contributed by atoms with Crippen LogP contribution in [-0.4, -0.2) is 6.21 Å². The van der Waals surface area contributed by atoms with Crippen molar-refractivity contribution in [2.75, 3.05) is 0 Å². The highest BCUT2D eigenvalue weighted by molar-refractivity contribution is 5.86. The number of aryl methyl sites for hydroxylation is 1. The lowest BCUT2D eigenvalue weighted by atomic mass is 10.00. The van der Waals surface area contributed by atoms with Crippen molar-refractivity contribution < 1.29 is 13.2 Å². The number of nitrogens with zero attached hydrogens (tertiary/aromatic N) is 1. The first kappa shape index (κ1) is 18.2. The van der Waals surface area contributed by atoms with Crippen LogP contribution in [0.3, 0.4) is 0 Å². The van der Waals surface area contributed by atoms with Crippen LogP contribution in [0.15, 0.2) is 71.7 Å². The van der Waals surface area contributed by atoms with Crippen LogP contribution in [-0.2, 0) is 12.6 Å². The monoisotopic (exact) mass is 355 g/mol. The summed E-state index contributed by atoms with van der Waals surface area (Å²) in [5.74, 6) is 0. The molecule has 0 aliphatic heterocycles. The Morgan fingerprint density at radius 2 is 1.69 bits per heavy atom. The van der Waals surface area contributed by atoms with Gasteiger partial charge >= 0.3 is 6.18 Å². The fourth-order valence-corrected chi connectivity index (χ4v) is 3.06. The van der Waals surface area contributed by atoms with Crippen molar-refractivity contribution in [3.63, 3.8) is 0 Å². The van der Waals surface area contributed by atoms with Gasteiger partial charge in [-0.15, -0.1) is 0 Å².